The number of hydrogen-bond donors (Lipinski definition) is 1. The van der Waals surface area contributed by atoms with E-state index in [2.05, 4.69) is 20.2 Å². The summed E-state index contributed by atoms with van der Waals surface area (Å²) in [5.41, 5.74) is 0. The van der Waals surface area contributed by atoms with Crippen molar-refractivity contribution in [2.45, 2.75) is 19.1 Å². The number of amides is 1. The van der Waals surface area contributed by atoms with E-state index in [4.69, 9.17) is 9.15 Å². The van der Waals surface area contributed by atoms with E-state index in [1.54, 1.807) is 18.7 Å². The number of hydrogen-bond acceptors (Lipinski definition) is 6. The summed E-state index contributed by atoms with van der Waals surface area (Å²) in [7, 11) is 0. The Labute approximate surface area is 140 Å². The van der Waals surface area contributed by atoms with E-state index in [0.29, 0.717) is 25.5 Å². The molecule has 4 rings (SSSR count). The predicted molar refractivity (Wildman–Crippen MR) is 86.1 cm³/mol. The zero-order valence-corrected chi connectivity index (χ0v) is 13.3. The van der Waals surface area contributed by atoms with Crippen molar-refractivity contribution in [2.24, 2.45) is 11.8 Å². The van der Waals surface area contributed by atoms with Gasteiger partial charge in [-0.2, -0.15) is 0 Å². The smallest absolute Gasteiger partial charge is 0.225 e. The first-order valence-corrected chi connectivity index (χ1v) is 8.22. The summed E-state index contributed by atoms with van der Waals surface area (Å²) >= 11 is 0. The molecular formula is C17H20N4O3. The van der Waals surface area contributed by atoms with Crippen molar-refractivity contribution in [2.75, 3.05) is 24.6 Å². The molecule has 24 heavy (non-hydrogen) atoms. The van der Waals surface area contributed by atoms with Crippen molar-refractivity contribution in [3.05, 3.63) is 42.6 Å². The summed E-state index contributed by atoms with van der Waals surface area (Å²) in [5, 5.41) is 2.91. The number of carbonyl (C=O) groups excluding carboxylic acids is 1. The topological polar surface area (TPSA) is 80.5 Å². The fraction of sp³-hybridized carbons (Fsp3) is 0.471. The number of rotatable bonds is 5. The van der Waals surface area contributed by atoms with Gasteiger partial charge >= 0.3 is 0 Å². The fourth-order valence-electron chi connectivity index (χ4n) is 3.54. The van der Waals surface area contributed by atoms with Crippen molar-refractivity contribution in [1.29, 1.82) is 0 Å². The maximum absolute atomic E-state index is 12.2. The van der Waals surface area contributed by atoms with Crippen LogP contribution >= 0.6 is 0 Å². The van der Waals surface area contributed by atoms with E-state index >= 15 is 0 Å². The first-order valence-electron chi connectivity index (χ1n) is 8.22. The van der Waals surface area contributed by atoms with Crippen LogP contribution in [-0.4, -0.2) is 41.7 Å². The molecule has 2 aliphatic heterocycles. The molecule has 0 bridgehead atoms. The number of carbonyl (C=O) groups is 1. The average molecular weight is 328 g/mol. The second-order valence-electron chi connectivity index (χ2n) is 6.31. The first-order chi connectivity index (χ1) is 11.8. The first kappa shape index (κ1) is 15.1. The van der Waals surface area contributed by atoms with Gasteiger partial charge in [-0.15, -0.1) is 0 Å². The summed E-state index contributed by atoms with van der Waals surface area (Å²) in [6.45, 7) is 2.70. The minimum Gasteiger partial charge on any atom is -0.467 e. The van der Waals surface area contributed by atoms with Crippen molar-refractivity contribution in [1.82, 2.24) is 15.3 Å². The van der Waals surface area contributed by atoms with Crippen LogP contribution in [0.25, 0.3) is 0 Å². The Kier molecular flexibility index (Phi) is 4.17. The number of nitrogens with zero attached hydrogens (tertiary/aromatic N) is 3. The second kappa shape index (κ2) is 6.60. The summed E-state index contributed by atoms with van der Waals surface area (Å²) in [6, 6.07) is 5.47. The molecule has 0 saturated carbocycles. The van der Waals surface area contributed by atoms with Gasteiger partial charge in [-0.05, 0) is 24.1 Å². The fourth-order valence-corrected chi connectivity index (χ4v) is 3.54. The number of fused-ring (bicyclic) bond motifs is 1. The third-order valence-corrected chi connectivity index (χ3v) is 4.76. The SMILES string of the molecule is O=C(C[C@@H]1CO[C@@H]2CN(c3ncccn3)C[C@H]12)NCc1ccco1. The van der Waals surface area contributed by atoms with Crippen molar-refractivity contribution >= 4 is 11.9 Å². The summed E-state index contributed by atoms with van der Waals surface area (Å²) < 4.78 is 11.1. The molecule has 0 aromatic carbocycles. The lowest BCUT2D eigenvalue weighted by Gasteiger charge is -2.19. The molecule has 126 valence electrons. The highest BCUT2D eigenvalue weighted by atomic mass is 16.5. The quantitative estimate of drug-likeness (QED) is 0.889. The molecule has 7 nitrogen and oxygen atoms in total. The molecule has 1 amide bonds. The van der Waals surface area contributed by atoms with E-state index < -0.39 is 0 Å². The largest absolute Gasteiger partial charge is 0.467 e. The molecule has 4 heterocycles. The zero-order chi connectivity index (χ0) is 16.4. The molecule has 0 aliphatic carbocycles. The molecule has 1 N–H and O–H groups in total. The zero-order valence-electron chi connectivity index (χ0n) is 13.3. The highest BCUT2D eigenvalue weighted by Crippen LogP contribution is 2.36. The Morgan fingerprint density at radius 1 is 1.29 bits per heavy atom. The highest BCUT2D eigenvalue weighted by Gasteiger charge is 2.45. The lowest BCUT2D eigenvalue weighted by molar-refractivity contribution is -0.122. The Balaban J connectivity index is 1.32. The van der Waals surface area contributed by atoms with Gasteiger partial charge < -0.3 is 19.4 Å². The maximum atomic E-state index is 12.2. The third-order valence-electron chi connectivity index (χ3n) is 4.76. The van der Waals surface area contributed by atoms with Gasteiger partial charge in [0, 0.05) is 37.8 Å². The van der Waals surface area contributed by atoms with Gasteiger partial charge in [-0.3, -0.25) is 4.79 Å². The van der Waals surface area contributed by atoms with Crippen LogP contribution in [0.3, 0.4) is 0 Å². The van der Waals surface area contributed by atoms with Crippen LogP contribution in [0, 0.1) is 11.8 Å². The monoisotopic (exact) mass is 328 g/mol. The number of ether oxygens (including phenoxy) is 1. The molecule has 0 spiro atoms. The van der Waals surface area contributed by atoms with Crippen molar-refractivity contribution in [3.63, 3.8) is 0 Å². The molecule has 2 aliphatic rings. The molecular weight excluding hydrogens is 308 g/mol. The van der Waals surface area contributed by atoms with Gasteiger partial charge in [-0.25, -0.2) is 9.97 Å². The summed E-state index contributed by atoms with van der Waals surface area (Å²) in [4.78, 5) is 22.9. The highest BCUT2D eigenvalue weighted by molar-refractivity contribution is 5.76. The number of nitrogens with one attached hydrogen (secondary N) is 1. The normalized spacial score (nSPS) is 25.7. The minimum atomic E-state index is 0.0371. The van der Waals surface area contributed by atoms with Crippen LogP contribution in [0.15, 0.2) is 41.3 Å². The molecule has 7 heteroatoms. The van der Waals surface area contributed by atoms with E-state index in [-0.39, 0.29) is 17.9 Å². The Hall–Kier alpha value is -2.41. The number of furan rings is 1. The lowest BCUT2D eigenvalue weighted by Crippen LogP contribution is -2.30. The molecule has 2 saturated heterocycles. The maximum Gasteiger partial charge on any atom is 0.225 e. The van der Waals surface area contributed by atoms with Crippen LogP contribution in [0.1, 0.15) is 12.2 Å². The Morgan fingerprint density at radius 3 is 2.96 bits per heavy atom. The van der Waals surface area contributed by atoms with Crippen molar-refractivity contribution in [3.8, 4) is 0 Å². The number of anilines is 1. The Bertz CT molecular complexity index is 676. The average Bonchev–Trinajstić information content (AvgIpc) is 3.32. The minimum absolute atomic E-state index is 0.0371. The van der Waals surface area contributed by atoms with Gasteiger partial charge in [0.1, 0.15) is 5.76 Å². The molecule has 0 unspecified atom stereocenters. The van der Waals surface area contributed by atoms with Gasteiger partial charge in [0.15, 0.2) is 0 Å². The Morgan fingerprint density at radius 2 is 2.17 bits per heavy atom. The van der Waals surface area contributed by atoms with Gasteiger partial charge in [0.2, 0.25) is 11.9 Å². The van der Waals surface area contributed by atoms with Crippen LogP contribution in [-0.2, 0) is 16.1 Å². The number of aromatic nitrogens is 2. The lowest BCUT2D eigenvalue weighted by atomic mass is 9.90. The molecule has 3 atom stereocenters. The van der Waals surface area contributed by atoms with Gasteiger partial charge in [-0.1, -0.05) is 0 Å². The van der Waals surface area contributed by atoms with Crippen LogP contribution in [0.4, 0.5) is 5.95 Å². The van der Waals surface area contributed by atoms with E-state index in [0.717, 1.165) is 24.8 Å². The van der Waals surface area contributed by atoms with Crippen molar-refractivity contribution < 1.29 is 13.9 Å². The van der Waals surface area contributed by atoms with Crippen LogP contribution < -0.4 is 10.2 Å². The molecule has 2 fully saturated rings. The van der Waals surface area contributed by atoms with E-state index in [1.165, 1.54) is 0 Å². The molecule has 0 radical (unpaired) electrons. The standard InChI is InChI=1S/C17H20N4O3/c22-16(20-8-13-3-1-6-23-13)7-12-11-24-15-10-21(9-14(12)15)17-18-4-2-5-19-17/h1-6,12,14-15H,7-11H2,(H,20,22)/t12-,14-,15-/m1/s1. The van der Waals surface area contributed by atoms with Gasteiger partial charge in [0.05, 0.1) is 25.5 Å². The van der Waals surface area contributed by atoms with Crippen LogP contribution in [0.5, 0.6) is 0 Å². The molecule has 2 aromatic rings. The third kappa shape index (κ3) is 3.12. The van der Waals surface area contributed by atoms with Crippen LogP contribution in [0.2, 0.25) is 0 Å². The second-order valence-corrected chi connectivity index (χ2v) is 6.31. The summed E-state index contributed by atoms with van der Waals surface area (Å²) in [5.74, 6) is 2.12. The predicted octanol–water partition coefficient (Wildman–Crippen LogP) is 1.23. The van der Waals surface area contributed by atoms with E-state index in [1.807, 2.05) is 18.2 Å². The van der Waals surface area contributed by atoms with E-state index in [9.17, 15) is 4.79 Å². The molecule has 2 aromatic heterocycles. The summed E-state index contributed by atoms with van der Waals surface area (Å²) in [6.07, 6.45) is 5.74. The van der Waals surface area contributed by atoms with Gasteiger partial charge in [0.25, 0.3) is 0 Å².